The molecule has 398 valence electrons. The highest BCUT2D eigenvalue weighted by molar-refractivity contribution is 7.90. The van der Waals surface area contributed by atoms with Crippen LogP contribution in [-0.4, -0.2) is 102 Å². The number of aromatic nitrogens is 2. The van der Waals surface area contributed by atoms with E-state index in [0.29, 0.717) is 48.5 Å². The van der Waals surface area contributed by atoms with Crippen molar-refractivity contribution in [1.82, 2.24) is 24.5 Å². The Bertz CT molecular complexity index is 3120. The molecule has 3 bridgehead atoms. The molecule has 1 amide bonds. The van der Waals surface area contributed by atoms with E-state index in [1.165, 1.54) is 92.9 Å². The average Bonchev–Trinajstić information content (AvgIpc) is 3.84. The highest BCUT2D eigenvalue weighted by Crippen LogP contribution is 2.61. The number of fused-ring (bicyclic) bond motifs is 3. The maximum atomic E-state index is 14.7. The fraction of sp³-hybridized carbons (Fsp3) is 0.552. The number of ether oxygens (including phenoxy) is 1. The lowest BCUT2D eigenvalue weighted by Crippen LogP contribution is -2.68. The summed E-state index contributed by atoms with van der Waals surface area (Å²) >= 11 is 0. The Hall–Kier alpha value is -5.62. The van der Waals surface area contributed by atoms with Gasteiger partial charge in [-0.1, -0.05) is 38.1 Å². The minimum Gasteiger partial charge on any atom is -0.455 e. The van der Waals surface area contributed by atoms with Gasteiger partial charge in [0.2, 0.25) is 0 Å². The summed E-state index contributed by atoms with van der Waals surface area (Å²) in [7, 11) is -4.63. The van der Waals surface area contributed by atoms with Gasteiger partial charge in [-0.2, -0.15) is 0 Å². The molecule has 4 N–H and O–H groups in total. The molecule has 17 heteroatoms. The Kier molecular flexibility index (Phi) is 12.8. The molecule has 7 aliphatic rings. The van der Waals surface area contributed by atoms with E-state index in [0.717, 1.165) is 87.9 Å². The third-order valence-corrected chi connectivity index (χ3v) is 20.4. The molecule has 0 radical (unpaired) electrons. The van der Waals surface area contributed by atoms with Crippen molar-refractivity contribution in [2.24, 2.45) is 34.5 Å². The number of hydrogen-bond acceptors (Lipinski definition) is 12. The Morgan fingerprint density at radius 3 is 2.56 bits per heavy atom. The maximum Gasteiger partial charge on any atom is 0.293 e. The predicted octanol–water partition coefficient (Wildman–Crippen LogP) is 10.5. The first kappa shape index (κ1) is 50.2. The molecule has 2 aliphatic heterocycles. The Balaban J connectivity index is 0.748. The number of aliphatic hydroxyl groups is 1. The minimum atomic E-state index is -4.63. The second-order valence-corrected chi connectivity index (χ2v) is 26.4. The third kappa shape index (κ3) is 9.80. The van der Waals surface area contributed by atoms with Crippen molar-refractivity contribution < 1.29 is 32.4 Å². The maximum absolute atomic E-state index is 14.7. The molecule has 5 aliphatic carbocycles. The van der Waals surface area contributed by atoms with Crippen LogP contribution >= 0.6 is 0 Å². The number of nitro benzene ring substituents is 1. The van der Waals surface area contributed by atoms with Crippen molar-refractivity contribution >= 4 is 44.0 Å². The van der Waals surface area contributed by atoms with Gasteiger partial charge in [0.05, 0.1) is 32.6 Å². The van der Waals surface area contributed by atoms with Crippen LogP contribution in [0.1, 0.15) is 131 Å². The van der Waals surface area contributed by atoms with Crippen LogP contribution < -0.4 is 19.7 Å². The summed E-state index contributed by atoms with van der Waals surface area (Å²) in [5.41, 5.74) is 3.54. The topological polar surface area (TPSA) is 186 Å². The largest absolute Gasteiger partial charge is 0.455 e. The van der Waals surface area contributed by atoms with Crippen LogP contribution in [0.2, 0.25) is 0 Å². The molecule has 7 fully saturated rings. The van der Waals surface area contributed by atoms with Crippen LogP contribution in [0, 0.1) is 50.4 Å². The number of sulfonamides is 1. The van der Waals surface area contributed by atoms with Gasteiger partial charge in [0.15, 0.2) is 0 Å². The van der Waals surface area contributed by atoms with E-state index in [1.54, 1.807) is 19.1 Å². The lowest BCUT2D eigenvalue weighted by atomic mass is 9.59. The number of nitro groups is 1. The second kappa shape index (κ2) is 19.1. The molecule has 3 aromatic carbocycles. The van der Waals surface area contributed by atoms with E-state index in [-0.39, 0.29) is 39.5 Å². The van der Waals surface area contributed by atoms with Crippen LogP contribution in [0.5, 0.6) is 11.5 Å². The summed E-state index contributed by atoms with van der Waals surface area (Å²) in [6.45, 7) is 13.0. The highest BCUT2D eigenvalue weighted by atomic mass is 32.2. The van der Waals surface area contributed by atoms with Gasteiger partial charge in [-0.3, -0.25) is 24.7 Å². The summed E-state index contributed by atoms with van der Waals surface area (Å²) in [4.78, 5) is 40.3. The Morgan fingerprint density at radius 1 is 0.987 bits per heavy atom. The fourth-order valence-corrected chi connectivity index (χ4v) is 16.2. The monoisotopic (exact) mass is 1040 g/mol. The number of nitrogens with one attached hydrogen (secondary N) is 3. The molecule has 4 unspecified atom stereocenters. The SMILES string of the molecule is CC(C)c1ccccc1[C@@H]1CN(CC23CCC4CC(CC4C2)C3)CCN1C1CC2(C1)CN(c1ccc(C(=O)NS(=O)(=O)c3ccc(NCC4CCC(C)(O)CC4)c([N+](=O)[O-])c3)c(Oc3cnc4[nH]cc(F)c4c3)c1)C2. The van der Waals surface area contributed by atoms with Crippen molar-refractivity contribution in [3.63, 3.8) is 0 Å². The van der Waals surface area contributed by atoms with E-state index in [4.69, 9.17) is 4.74 Å². The number of nitrogens with zero attached hydrogens (tertiary/aromatic N) is 5. The molecule has 5 atom stereocenters. The van der Waals surface area contributed by atoms with Crippen molar-refractivity contribution in [2.45, 2.75) is 126 Å². The van der Waals surface area contributed by atoms with Gasteiger partial charge in [0.25, 0.3) is 21.6 Å². The van der Waals surface area contributed by atoms with Gasteiger partial charge in [-0.05, 0) is 160 Å². The molecule has 2 aromatic heterocycles. The van der Waals surface area contributed by atoms with Crippen LogP contribution in [0.4, 0.5) is 21.5 Å². The zero-order chi connectivity index (χ0) is 52.0. The number of amides is 1. The number of aromatic amines is 1. The third-order valence-electron chi connectivity index (χ3n) is 19.0. The summed E-state index contributed by atoms with van der Waals surface area (Å²) in [6, 6.07) is 19.9. The first-order valence-electron chi connectivity index (χ1n) is 27.5. The lowest BCUT2D eigenvalue weighted by molar-refractivity contribution is -0.384. The number of benzene rings is 3. The van der Waals surface area contributed by atoms with Crippen molar-refractivity contribution in [1.29, 1.82) is 0 Å². The molecule has 5 saturated carbocycles. The van der Waals surface area contributed by atoms with Gasteiger partial charge in [-0.25, -0.2) is 22.5 Å². The molecule has 2 saturated heterocycles. The number of H-pyrrole nitrogens is 1. The Morgan fingerprint density at radius 2 is 1.77 bits per heavy atom. The van der Waals surface area contributed by atoms with Crippen LogP contribution in [-0.2, 0) is 10.0 Å². The number of carbonyl (C=O) groups is 1. The van der Waals surface area contributed by atoms with E-state index in [2.05, 4.69) is 72.8 Å². The number of hydrogen-bond donors (Lipinski definition) is 4. The van der Waals surface area contributed by atoms with E-state index >= 15 is 0 Å². The second-order valence-electron chi connectivity index (χ2n) is 24.7. The number of carbonyl (C=O) groups excluding carboxylic acids is 1. The smallest absolute Gasteiger partial charge is 0.293 e. The highest BCUT2D eigenvalue weighted by Gasteiger charge is 2.56. The standard InChI is InChI=1S/C58H71FN8O7S/c1-36(2)45-6-4-5-7-46(45)52-32-64(33-57-17-14-39-20-38(25-57)21-40(39)26-57)18-19-66(52)42-27-58(28-42)34-65(35-58)41-8-10-47(53(22-41)74-43-23-48-49(59)31-62-54(48)61-30-43)55(68)63-75(72,73)44-9-11-50(51(24-44)67(70)71)60-29-37-12-15-56(3,69)16-13-37/h4-11,22-24,30-31,36-40,42,52,60,69H,12-21,25-29,32-35H2,1-3H3,(H,61,62)(H,63,68)/t37?,38?,39?,40?,52-,56?,57?/m0/s1. The van der Waals surface area contributed by atoms with Gasteiger partial charge >= 0.3 is 0 Å². The number of anilines is 2. The van der Waals surface area contributed by atoms with Gasteiger partial charge < -0.3 is 25.0 Å². The molecule has 4 heterocycles. The van der Waals surface area contributed by atoms with Gasteiger partial charge in [0.1, 0.15) is 28.7 Å². The number of pyridine rings is 1. The molecule has 5 aromatic rings. The molecular formula is C58H71FN8O7S. The first-order chi connectivity index (χ1) is 35.9. The summed E-state index contributed by atoms with van der Waals surface area (Å²) in [5.74, 6) is 2.14. The zero-order valence-corrected chi connectivity index (χ0v) is 44.2. The van der Waals surface area contributed by atoms with Crippen LogP contribution in [0.3, 0.4) is 0 Å². The molecule has 1 spiro atoms. The van der Waals surface area contributed by atoms with Crippen LogP contribution in [0.25, 0.3) is 11.0 Å². The lowest BCUT2D eigenvalue weighted by Gasteiger charge is -2.63. The Labute approximate surface area is 439 Å². The van der Waals surface area contributed by atoms with Crippen molar-refractivity contribution in [3.05, 3.63) is 112 Å². The normalized spacial score (nSPS) is 28.6. The van der Waals surface area contributed by atoms with Crippen LogP contribution in [0.15, 0.2) is 84.0 Å². The summed E-state index contributed by atoms with van der Waals surface area (Å²) in [5, 5.41) is 25.9. The molecular weight excluding hydrogens is 972 g/mol. The van der Waals surface area contributed by atoms with E-state index in [9.17, 15) is 32.8 Å². The van der Waals surface area contributed by atoms with Crippen molar-refractivity contribution in [3.8, 4) is 11.5 Å². The summed E-state index contributed by atoms with van der Waals surface area (Å²) in [6.07, 6.45) is 16.2. The zero-order valence-electron chi connectivity index (χ0n) is 43.4. The number of rotatable bonds is 15. The number of piperazine rings is 1. The minimum absolute atomic E-state index is 0.0393. The van der Waals surface area contributed by atoms with Crippen molar-refractivity contribution in [2.75, 3.05) is 56.0 Å². The molecule has 75 heavy (non-hydrogen) atoms. The van der Waals surface area contributed by atoms with E-state index in [1.807, 2.05) is 0 Å². The van der Waals surface area contributed by atoms with Gasteiger partial charge in [0, 0.05) is 87.3 Å². The van der Waals surface area contributed by atoms with E-state index < -0.39 is 42.9 Å². The quantitative estimate of drug-likeness (QED) is 0.0575. The predicted molar refractivity (Wildman–Crippen MR) is 286 cm³/mol. The molecule has 12 rings (SSSR count). The first-order valence-corrected chi connectivity index (χ1v) is 29.0. The fourth-order valence-electron chi connectivity index (χ4n) is 15.3. The summed E-state index contributed by atoms with van der Waals surface area (Å²) < 4.78 is 50.9. The van der Waals surface area contributed by atoms with Gasteiger partial charge in [-0.15, -0.1) is 0 Å². The number of halogens is 1. The molecule has 15 nitrogen and oxygen atoms in total. The average molecular weight is 1040 g/mol.